The van der Waals surface area contributed by atoms with E-state index < -0.39 is 9.84 Å². The molecule has 1 N–H and O–H groups in total. The Morgan fingerprint density at radius 1 is 1.28 bits per heavy atom. The maximum Gasteiger partial charge on any atom is 0.227 e. The minimum absolute atomic E-state index is 0.0682. The fraction of sp³-hybridized carbons (Fsp3) is 0.476. The van der Waals surface area contributed by atoms with Crippen molar-refractivity contribution in [1.29, 1.82) is 0 Å². The van der Waals surface area contributed by atoms with E-state index >= 15 is 0 Å². The summed E-state index contributed by atoms with van der Waals surface area (Å²) in [5.41, 5.74) is 4.64. The minimum atomic E-state index is -3.34. The topological polar surface area (TPSA) is 71.0 Å². The normalized spacial score (nSPS) is 15.1. The van der Waals surface area contributed by atoms with Crippen LogP contribution in [0.4, 0.5) is 0 Å². The molecule has 2 aromatic heterocycles. The maximum atomic E-state index is 12.5. The zero-order valence-corrected chi connectivity index (χ0v) is 18.5. The molecule has 0 atom stereocenters. The molecule has 0 spiro atoms. The van der Waals surface area contributed by atoms with E-state index in [4.69, 9.17) is 11.6 Å². The van der Waals surface area contributed by atoms with E-state index in [-0.39, 0.29) is 10.9 Å². The molecule has 156 valence electrons. The molecule has 0 amide bonds. The lowest BCUT2D eigenvalue weighted by Crippen LogP contribution is -2.31. The second-order valence-electron chi connectivity index (χ2n) is 7.67. The van der Waals surface area contributed by atoms with E-state index in [2.05, 4.69) is 21.8 Å². The molecule has 0 saturated heterocycles. The van der Waals surface area contributed by atoms with Crippen LogP contribution in [0.3, 0.4) is 0 Å². The summed E-state index contributed by atoms with van der Waals surface area (Å²) in [6.45, 7) is 6.87. The number of benzene rings is 1. The highest BCUT2D eigenvalue weighted by Crippen LogP contribution is 2.30. The van der Waals surface area contributed by atoms with E-state index in [0.29, 0.717) is 13.1 Å². The zero-order valence-electron chi connectivity index (χ0n) is 16.9. The van der Waals surface area contributed by atoms with Gasteiger partial charge >= 0.3 is 0 Å². The van der Waals surface area contributed by atoms with Gasteiger partial charge in [0, 0.05) is 54.2 Å². The summed E-state index contributed by atoms with van der Waals surface area (Å²) in [4.78, 5) is 10.2. The Kier molecular flexibility index (Phi) is 5.73. The molecule has 0 aliphatic carbocycles. The Morgan fingerprint density at radius 2 is 2.10 bits per heavy atom. The molecule has 3 heterocycles. The van der Waals surface area contributed by atoms with Gasteiger partial charge in [-0.2, -0.15) is 0 Å². The van der Waals surface area contributed by atoms with E-state index in [1.165, 1.54) is 16.6 Å². The Morgan fingerprint density at radius 3 is 2.86 bits per heavy atom. The molecule has 0 radical (unpaired) electrons. The highest BCUT2D eigenvalue weighted by molar-refractivity contribution is 7.91. The second-order valence-corrected chi connectivity index (χ2v) is 10.3. The third kappa shape index (κ3) is 3.96. The van der Waals surface area contributed by atoms with Gasteiger partial charge in [-0.25, -0.2) is 13.4 Å². The van der Waals surface area contributed by atoms with E-state index in [1.807, 2.05) is 22.8 Å². The fourth-order valence-corrected chi connectivity index (χ4v) is 5.25. The molecule has 0 saturated carbocycles. The third-order valence-corrected chi connectivity index (χ3v) is 7.57. The van der Waals surface area contributed by atoms with Crippen LogP contribution in [0.15, 0.2) is 29.6 Å². The van der Waals surface area contributed by atoms with Crippen molar-refractivity contribution in [3.05, 3.63) is 46.4 Å². The number of hydrogen-bond acceptors (Lipinski definition) is 4. The molecule has 6 nitrogen and oxygen atoms in total. The van der Waals surface area contributed by atoms with Gasteiger partial charge in [-0.1, -0.05) is 31.9 Å². The lowest BCUT2D eigenvalue weighted by Gasteiger charge is -2.27. The molecule has 0 fully saturated rings. The van der Waals surface area contributed by atoms with Crippen molar-refractivity contribution in [3.8, 4) is 0 Å². The first kappa shape index (κ1) is 20.4. The number of aromatic nitrogens is 3. The molecule has 1 aliphatic rings. The zero-order chi connectivity index (χ0) is 20.6. The van der Waals surface area contributed by atoms with E-state index in [9.17, 15) is 8.42 Å². The molecule has 8 heteroatoms. The summed E-state index contributed by atoms with van der Waals surface area (Å²) in [6, 6.07) is 5.96. The van der Waals surface area contributed by atoms with Gasteiger partial charge in [0.05, 0.1) is 17.6 Å². The number of nitrogens with zero attached hydrogens (tertiary/aromatic N) is 3. The smallest absolute Gasteiger partial charge is 0.227 e. The number of hydrogen-bond donors (Lipinski definition) is 1. The number of unbranched alkanes of at least 4 members (excludes halogenated alkanes) is 1. The van der Waals surface area contributed by atoms with Gasteiger partial charge in [-0.15, -0.1) is 0 Å². The number of halogens is 1. The summed E-state index contributed by atoms with van der Waals surface area (Å²) in [5, 5.41) is 2.12. The monoisotopic (exact) mass is 434 g/mol. The van der Waals surface area contributed by atoms with Gasteiger partial charge in [0.2, 0.25) is 15.0 Å². The predicted octanol–water partition coefficient (Wildman–Crippen LogP) is 4.17. The number of rotatable bonds is 7. The number of nitrogens with one attached hydrogen (secondary N) is 1. The molecule has 29 heavy (non-hydrogen) atoms. The maximum absolute atomic E-state index is 12.5. The summed E-state index contributed by atoms with van der Waals surface area (Å²) in [7, 11) is -3.34. The second kappa shape index (κ2) is 8.13. The Hall–Kier alpha value is -1.83. The van der Waals surface area contributed by atoms with Crippen molar-refractivity contribution in [3.63, 3.8) is 0 Å². The van der Waals surface area contributed by atoms with Crippen LogP contribution in [-0.2, 0) is 35.9 Å². The molecule has 3 aromatic rings. The summed E-state index contributed by atoms with van der Waals surface area (Å²) < 4.78 is 26.9. The first-order valence-electron chi connectivity index (χ1n) is 10.2. The number of sulfone groups is 1. The standard InChI is InChI=1S/C21H27ClN4O2S/c1-3-5-9-26-16(12-23-21(26)29(27,28)4-2)13-25-10-8-20-18(14-25)17-11-15(22)6-7-19(17)24-20/h6-7,11-12,24H,3-5,8-10,13-14H2,1-2H3. The lowest BCUT2D eigenvalue weighted by molar-refractivity contribution is 0.238. The van der Waals surface area contributed by atoms with Crippen LogP contribution in [0.5, 0.6) is 0 Å². The molecular formula is C21H27ClN4O2S. The average molecular weight is 435 g/mol. The molecule has 1 aliphatic heterocycles. The van der Waals surface area contributed by atoms with Crippen molar-refractivity contribution in [2.75, 3.05) is 12.3 Å². The average Bonchev–Trinajstić information content (AvgIpc) is 3.27. The molecular weight excluding hydrogens is 408 g/mol. The van der Waals surface area contributed by atoms with Crippen LogP contribution in [0.2, 0.25) is 5.02 Å². The molecule has 0 bridgehead atoms. The van der Waals surface area contributed by atoms with Gasteiger partial charge in [0.25, 0.3) is 0 Å². The van der Waals surface area contributed by atoms with Crippen LogP contribution >= 0.6 is 11.6 Å². The van der Waals surface area contributed by atoms with Crippen molar-refractivity contribution >= 4 is 32.3 Å². The Balaban J connectivity index is 1.62. The predicted molar refractivity (Wildman–Crippen MR) is 116 cm³/mol. The Bertz CT molecular complexity index is 1130. The van der Waals surface area contributed by atoms with Crippen LogP contribution in [0.25, 0.3) is 10.9 Å². The van der Waals surface area contributed by atoms with Gasteiger partial charge in [0.1, 0.15) is 0 Å². The SMILES string of the molecule is CCCCn1c(CN2CCc3[nH]c4ccc(Cl)cc4c3C2)cnc1S(=O)(=O)CC. The first-order chi connectivity index (χ1) is 13.9. The van der Waals surface area contributed by atoms with Crippen LogP contribution in [-0.4, -0.2) is 40.2 Å². The van der Waals surface area contributed by atoms with Crippen LogP contribution in [0, 0.1) is 0 Å². The quantitative estimate of drug-likeness (QED) is 0.605. The highest BCUT2D eigenvalue weighted by Gasteiger charge is 2.25. The molecule has 0 unspecified atom stereocenters. The summed E-state index contributed by atoms with van der Waals surface area (Å²) >= 11 is 6.22. The van der Waals surface area contributed by atoms with E-state index in [0.717, 1.165) is 48.6 Å². The van der Waals surface area contributed by atoms with Gasteiger partial charge in [0.15, 0.2) is 0 Å². The van der Waals surface area contributed by atoms with Crippen molar-refractivity contribution in [1.82, 2.24) is 19.4 Å². The van der Waals surface area contributed by atoms with Crippen molar-refractivity contribution in [2.24, 2.45) is 0 Å². The number of imidazole rings is 1. The largest absolute Gasteiger partial charge is 0.358 e. The van der Waals surface area contributed by atoms with Crippen molar-refractivity contribution < 1.29 is 8.42 Å². The van der Waals surface area contributed by atoms with Crippen molar-refractivity contribution in [2.45, 2.75) is 57.9 Å². The summed E-state index contributed by atoms with van der Waals surface area (Å²) in [6.07, 6.45) is 4.61. The fourth-order valence-electron chi connectivity index (χ4n) is 4.06. The molecule has 4 rings (SSSR count). The number of aromatic amines is 1. The lowest BCUT2D eigenvalue weighted by atomic mass is 10.0. The van der Waals surface area contributed by atoms with Gasteiger partial charge < -0.3 is 9.55 Å². The first-order valence-corrected chi connectivity index (χ1v) is 12.2. The van der Waals surface area contributed by atoms with E-state index in [1.54, 1.807) is 13.1 Å². The molecule has 1 aromatic carbocycles. The third-order valence-electron chi connectivity index (χ3n) is 5.70. The number of fused-ring (bicyclic) bond motifs is 3. The van der Waals surface area contributed by atoms with Crippen LogP contribution in [0.1, 0.15) is 43.6 Å². The summed E-state index contributed by atoms with van der Waals surface area (Å²) in [5.74, 6) is 0.0682. The Labute approximate surface area is 176 Å². The number of H-pyrrole nitrogens is 1. The minimum Gasteiger partial charge on any atom is -0.358 e. The van der Waals surface area contributed by atoms with Gasteiger partial charge in [-0.3, -0.25) is 4.90 Å². The van der Waals surface area contributed by atoms with Gasteiger partial charge in [-0.05, 0) is 30.2 Å². The van der Waals surface area contributed by atoms with Crippen LogP contribution < -0.4 is 0 Å². The highest BCUT2D eigenvalue weighted by atomic mass is 35.5.